The van der Waals surface area contributed by atoms with E-state index in [9.17, 15) is 9.18 Å². The van der Waals surface area contributed by atoms with Gasteiger partial charge in [-0.15, -0.1) is 0 Å². The lowest BCUT2D eigenvalue weighted by Gasteiger charge is -2.22. The van der Waals surface area contributed by atoms with E-state index in [2.05, 4.69) is 15.0 Å². The van der Waals surface area contributed by atoms with Gasteiger partial charge in [0.05, 0.1) is 7.11 Å². The number of carbonyl (C=O) groups is 1. The van der Waals surface area contributed by atoms with E-state index in [1.54, 1.807) is 6.07 Å². The zero-order chi connectivity index (χ0) is 17.1. The highest BCUT2D eigenvalue weighted by Gasteiger charge is 2.07. The molecule has 0 saturated carbocycles. The first-order chi connectivity index (χ1) is 11.1. The number of nitrogens with zero attached hydrogens (tertiary/aromatic N) is 2. The number of rotatable bonds is 8. The molecule has 0 heterocycles. The van der Waals surface area contributed by atoms with Crippen LogP contribution in [0.1, 0.15) is 31.7 Å². The molecule has 1 N–H and O–H groups in total. The van der Waals surface area contributed by atoms with E-state index in [1.807, 2.05) is 24.9 Å². The Balaban J connectivity index is 2.51. The van der Waals surface area contributed by atoms with Gasteiger partial charge >= 0.3 is 5.97 Å². The van der Waals surface area contributed by atoms with Crippen LogP contribution in [0.15, 0.2) is 29.3 Å². The Morgan fingerprint density at radius 1 is 1.39 bits per heavy atom. The van der Waals surface area contributed by atoms with Gasteiger partial charge in [-0.2, -0.15) is 0 Å². The number of hydrogen-bond acceptors (Lipinski definition) is 3. The van der Waals surface area contributed by atoms with E-state index in [4.69, 9.17) is 0 Å². The first-order valence-corrected chi connectivity index (χ1v) is 7.87. The van der Waals surface area contributed by atoms with E-state index in [0.717, 1.165) is 30.9 Å². The van der Waals surface area contributed by atoms with E-state index in [1.165, 1.54) is 19.2 Å². The smallest absolute Gasteiger partial charge is 0.305 e. The third kappa shape index (κ3) is 7.63. The average Bonchev–Trinajstić information content (AvgIpc) is 2.53. The molecule has 0 bridgehead atoms. The molecule has 0 fully saturated rings. The number of carbonyl (C=O) groups excluding carboxylic acids is 1. The van der Waals surface area contributed by atoms with Crippen molar-refractivity contribution in [1.82, 2.24) is 10.2 Å². The highest BCUT2D eigenvalue weighted by molar-refractivity contribution is 5.79. The molecule has 6 heteroatoms. The fourth-order valence-corrected chi connectivity index (χ4v) is 2.12. The SMILES string of the molecule is CCNC(=NCCCCC(=O)OC)N(C)Cc1cccc(F)c1. The summed E-state index contributed by atoms with van der Waals surface area (Å²) in [5, 5.41) is 3.22. The van der Waals surface area contributed by atoms with E-state index in [-0.39, 0.29) is 11.8 Å². The van der Waals surface area contributed by atoms with Gasteiger partial charge in [0.15, 0.2) is 5.96 Å². The van der Waals surface area contributed by atoms with Gasteiger partial charge in [0.25, 0.3) is 0 Å². The third-order valence-electron chi connectivity index (χ3n) is 3.28. The largest absolute Gasteiger partial charge is 0.469 e. The average molecular weight is 323 g/mol. The normalized spacial score (nSPS) is 11.2. The number of benzene rings is 1. The summed E-state index contributed by atoms with van der Waals surface area (Å²) in [6, 6.07) is 6.55. The number of aliphatic imine (C=N–C) groups is 1. The Labute approximate surface area is 137 Å². The monoisotopic (exact) mass is 323 g/mol. The quantitative estimate of drug-likeness (QED) is 0.346. The van der Waals surface area contributed by atoms with Gasteiger partial charge in [-0.3, -0.25) is 9.79 Å². The van der Waals surface area contributed by atoms with Crippen LogP contribution in [0.25, 0.3) is 0 Å². The molecule has 23 heavy (non-hydrogen) atoms. The summed E-state index contributed by atoms with van der Waals surface area (Å²) < 4.78 is 17.9. The van der Waals surface area contributed by atoms with E-state index < -0.39 is 0 Å². The molecule has 0 unspecified atom stereocenters. The molecule has 0 saturated heterocycles. The number of esters is 1. The van der Waals surface area contributed by atoms with Gasteiger partial charge in [-0.25, -0.2) is 4.39 Å². The molecule has 5 nitrogen and oxygen atoms in total. The molecule has 1 aromatic rings. The fourth-order valence-electron chi connectivity index (χ4n) is 2.12. The fraction of sp³-hybridized carbons (Fsp3) is 0.529. The Kier molecular flexibility index (Phi) is 8.72. The minimum Gasteiger partial charge on any atom is -0.469 e. The van der Waals surface area contributed by atoms with Crippen LogP contribution < -0.4 is 5.32 Å². The number of unbranched alkanes of at least 4 members (excludes halogenated alkanes) is 1. The van der Waals surface area contributed by atoms with E-state index in [0.29, 0.717) is 19.5 Å². The number of hydrogen-bond donors (Lipinski definition) is 1. The Hall–Kier alpha value is -2.11. The van der Waals surface area contributed by atoms with Gasteiger partial charge in [0, 0.05) is 33.1 Å². The Morgan fingerprint density at radius 2 is 2.17 bits per heavy atom. The number of guanidine groups is 1. The maximum atomic E-state index is 13.2. The maximum absolute atomic E-state index is 13.2. The summed E-state index contributed by atoms with van der Waals surface area (Å²) >= 11 is 0. The molecule has 0 spiro atoms. The lowest BCUT2D eigenvalue weighted by molar-refractivity contribution is -0.140. The number of methoxy groups -OCH3 is 1. The van der Waals surface area contributed by atoms with Crippen molar-refractivity contribution in [2.24, 2.45) is 4.99 Å². The molecular formula is C17H26FN3O2. The lowest BCUT2D eigenvalue weighted by atomic mass is 10.2. The van der Waals surface area contributed by atoms with Crippen molar-refractivity contribution in [1.29, 1.82) is 0 Å². The Bertz CT molecular complexity index is 520. The summed E-state index contributed by atoms with van der Waals surface area (Å²) in [7, 11) is 3.31. The van der Waals surface area contributed by atoms with Crippen LogP contribution in [0, 0.1) is 5.82 Å². The predicted octanol–water partition coefficient (Wildman–Crippen LogP) is 2.57. The van der Waals surface area contributed by atoms with Crippen LogP contribution in [-0.2, 0) is 16.1 Å². The van der Waals surface area contributed by atoms with Gasteiger partial charge < -0.3 is 15.0 Å². The summed E-state index contributed by atoms with van der Waals surface area (Å²) in [4.78, 5) is 17.5. The molecule has 0 atom stereocenters. The highest BCUT2D eigenvalue weighted by atomic mass is 19.1. The molecule has 0 aliphatic heterocycles. The van der Waals surface area contributed by atoms with Crippen LogP contribution in [0.4, 0.5) is 4.39 Å². The highest BCUT2D eigenvalue weighted by Crippen LogP contribution is 2.06. The predicted molar refractivity (Wildman–Crippen MR) is 89.7 cm³/mol. The number of ether oxygens (including phenoxy) is 1. The molecule has 0 amide bonds. The zero-order valence-electron chi connectivity index (χ0n) is 14.1. The molecular weight excluding hydrogens is 297 g/mol. The molecule has 0 aliphatic carbocycles. The van der Waals surface area contributed by atoms with E-state index >= 15 is 0 Å². The second-order valence-electron chi connectivity index (χ2n) is 5.25. The minimum absolute atomic E-state index is 0.191. The van der Waals surface area contributed by atoms with Crippen LogP contribution in [0.3, 0.4) is 0 Å². The Morgan fingerprint density at radius 3 is 2.83 bits per heavy atom. The molecule has 0 radical (unpaired) electrons. The minimum atomic E-state index is -0.236. The molecule has 128 valence electrons. The van der Waals surface area contributed by atoms with Gasteiger partial charge in [-0.1, -0.05) is 12.1 Å². The zero-order valence-corrected chi connectivity index (χ0v) is 14.1. The number of nitrogens with one attached hydrogen (secondary N) is 1. The summed E-state index contributed by atoms with van der Waals surface area (Å²) in [6.45, 7) is 3.97. The van der Waals surface area contributed by atoms with Gasteiger partial charge in [0.1, 0.15) is 5.82 Å². The van der Waals surface area contributed by atoms with Gasteiger partial charge in [0.2, 0.25) is 0 Å². The van der Waals surface area contributed by atoms with Crippen molar-refractivity contribution >= 4 is 11.9 Å². The topological polar surface area (TPSA) is 53.9 Å². The number of halogens is 1. The van der Waals surface area contributed by atoms with Crippen LogP contribution in [-0.4, -0.2) is 44.1 Å². The standard InChI is InChI=1S/C17H26FN3O2/c1-4-19-17(20-11-6-5-10-16(22)23-3)21(2)13-14-8-7-9-15(18)12-14/h7-9,12H,4-6,10-11,13H2,1-3H3,(H,19,20). The first-order valence-electron chi connectivity index (χ1n) is 7.87. The summed E-state index contributed by atoms with van der Waals surface area (Å²) in [5.74, 6) is 0.347. The summed E-state index contributed by atoms with van der Waals surface area (Å²) in [6.07, 6.45) is 1.99. The molecule has 1 aromatic carbocycles. The van der Waals surface area contributed by atoms with Gasteiger partial charge in [-0.05, 0) is 37.5 Å². The lowest BCUT2D eigenvalue weighted by Crippen LogP contribution is -2.38. The van der Waals surface area contributed by atoms with Crippen LogP contribution in [0.5, 0.6) is 0 Å². The molecule has 1 rings (SSSR count). The first kappa shape index (κ1) is 18.9. The van der Waals surface area contributed by atoms with Crippen molar-refractivity contribution in [3.05, 3.63) is 35.6 Å². The molecule has 0 aromatic heterocycles. The van der Waals surface area contributed by atoms with Crippen molar-refractivity contribution in [2.45, 2.75) is 32.7 Å². The van der Waals surface area contributed by atoms with Crippen LogP contribution in [0.2, 0.25) is 0 Å². The van der Waals surface area contributed by atoms with Crippen LogP contribution >= 0.6 is 0 Å². The van der Waals surface area contributed by atoms with Crippen molar-refractivity contribution < 1.29 is 13.9 Å². The maximum Gasteiger partial charge on any atom is 0.305 e. The van der Waals surface area contributed by atoms with Crippen molar-refractivity contribution in [2.75, 3.05) is 27.2 Å². The third-order valence-corrected chi connectivity index (χ3v) is 3.28. The van der Waals surface area contributed by atoms with Crippen molar-refractivity contribution in [3.8, 4) is 0 Å². The van der Waals surface area contributed by atoms with Crippen molar-refractivity contribution in [3.63, 3.8) is 0 Å². The second-order valence-corrected chi connectivity index (χ2v) is 5.25. The molecule has 0 aliphatic rings. The summed E-state index contributed by atoms with van der Waals surface area (Å²) in [5.41, 5.74) is 0.892. The second kappa shape index (κ2) is 10.6.